The predicted molar refractivity (Wildman–Crippen MR) is 50.8 cm³/mol. The third-order valence-electron chi connectivity index (χ3n) is 1.08. The van der Waals surface area contributed by atoms with Gasteiger partial charge in [-0.05, 0) is 32.4 Å². The molecule has 0 aromatic carbocycles. The quantitative estimate of drug-likeness (QED) is 0.602. The Morgan fingerprint density at radius 2 is 1.27 bits per heavy atom. The van der Waals surface area contributed by atoms with Crippen molar-refractivity contribution < 1.29 is 5.11 Å². The fourth-order valence-electron chi connectivity index (χ4n) is 0.479. The van der Waals surface area contributed by atoms with Gasteiger partial charge in [0.15, 0.2) is 0 Å². The van der Waals surface area contributed by atoms with E-state index in [0.29, 0.717) is 6.61 Å². The zero-order valence-electron chi connectivity index (χ0n) is 8.19. The highest BCUT2D eigenvalue weighted by molar-refractivity contribution is 4.39. The fourth-order valence-corrected chi connectivity index (χ4v) is 0.479. The van der Waals surface area contributed by atoms with Gasteiger partial charge in [0.1, 0.15) is 0 Å². The molecule has 0 aromatic heterocycles. The minimum absolute atomic E-state index is 0.319. The molecule has 0 aliphatic rings. The lowest BCUT2D eigenvalue weighted by Gasteiger charge is -1.95. The first kappa shape index (κ1) is 13.5. The highest BCUT2D eigenvalue weighted by Crippen LogP contribution is 1.71. The molecule has 0 heterocycles. The minimum Gasteiger partial charge on any atom is -0.396 e. The average molecular weight is 161 g/mol. The molecule has 0 atom stereocenters. The van der Waals surface area contributed by atoms with Gasteiger partial charge in [-0.3, -0.25) is 0 Å². The molecule has 0 saturated carbocycles. The highest BCUT2D eigenvalue weighted by atomic mass is 16.2. The molecule has 0 saturated heterocycles. The van der Waals surface area contributed by atoms with Gasteiger partial charge < -0.3 is 10.4 Å². The molecular formula is C9H23NO. The first-order chi connectivity index (χ1) is 5.33. The summed E-state index contributed by atoms with van der Waals surface area (Å²) in [5, 5.41) is 11.2. The lowest BCUT2D eigenvalue weighted by molar-refractivity contribution is 0.295. The van der Waals surface area contributed by atoms with Crippen LogP contribution in [0.3, 0.4) is 0 Å². The fraction of sp³-hybridized carbons (Fsp3) is 1.00. The molecule has 2 N–H and O–H groups in total. The van der Waals surface area contributed by atoms with E-state index in [2.05, 4.69) is 19.2 Å². The Bertz CT molecular complexity index is 42.8. The van der Waals surface area contributed by atoms with Crippen LogP contribution in [0, 0.1) is 0 Å². The molecule has 0 unspecified atom stereocenters. The van der Waals surface area contributed by atoms with Crippen LogP contribution in [0.25, 0.3) is 0 Å². The molecular weight excluding hydrogens is 138 g/mol. The number of hydrogen-bond donors (Lipinski definition) is 2. The highest BCUT2D eigenvalue weighted by Gasteiger charge is 1.76. The molecule has 2 nitrogen and oxygen atoms in total. The van der Waals surface area contributed by atoms with E-state index in [4.69, 9.17) is 5.11 Å². The van der Waals surface area contributed by atoms with Gasteiger partial charge in [0.2, 0.25) is 0 Å². The van der Waals surface area contributed by atoms with Crippen LogP contribution < -0.4 is 5.32 Å². The van der Waals surface area contributed by atoms with Crippen molar-refractivity contribution in [2.75, 3.05) is 19.7 Å². The Labute approximate surface area is 71.0 Å². The van der Waals surface area contributed by atoms with Gasteiger partial charge in [0, 0.05) is 6.61 Å². The largest absolute Gasteiger partial charge is 0.396 e. The molecule has 0 amide bonds. The van der Waals surface area contributed by atoms with E-state index in [1.54, 1.807) is 0 Å². The Balaban J connectivity index is 0. The molecule has 0 radical (unpaired) electrons. The molecule has 0 aromatic rings. The summed E-state index contributed by atoms with van der Waals surface area (Å²) in [6, 6.07) is 0. The Morgan fingerprint density at radius 3 is 1.45 bits per heavy atom. The van der Waals surface area contributed by atoms with Crippen LogP contribution >= 0.6 is 0 Å². The van der Waals surface area contributed by atoms with E-state index in [9.17, 15) is 0 Å². The van der Waals surface area contributed by atoms with Gasteiger partial charge >= 0.3 is 0 Å². The lowest BCUT2D eigenvalue weighted by atomic mass is 10.4. The number of nitrogens with one attached hydrogen (secondary N) is 1. The van der Waals surface area contributed by atoms with E-state index in [-0.39, 0.29) is 0 Å². The molecule has 0 aliphatic carbocycles. The van der Waals surface area contributed by atoms with Crippen LogP contribution in [0.15, 0.2) is 0 Å². The molecule has 0 rings (SSSR count). The monoisotopic (exact) mass is 161 g/mol. The van der Waals surface area contributed by atoms with E-state index >= 15 is 0 Å². The van der Waals surface area contributed by atoms with E-state index in [1.165, 1.54) is 25.9 Å². The summed E-state index contributed by atoms with van der Waals surface area (Å²) in [6.07, 6.45) is 3.38. The third kappa shape index (κ3) is 25.7. The summed E-state index contributed by atoms with van der Waals surface area (Å²) in [6.45, 7) is 8.97. The van der Waals surface area contributed by atoms with E-state index < -0.39 is 0 Å². The van der Waals surface area contributed by atoms with Gasteiger partial charge in [-0.1, -0.05) is 20.8 Å². The van der Waals surface area contributed by atoms with Gasteiger partial charge in [0.05, 0.1) is 0 Å². The predicted octanol–water partition coefficient (Wildman–Crippen LogP) is 1.78. The molecule has 0 fully saturated rings. The van der Waals surface area contributed by atoms with Crippen LogP contribution in [0.2, 0.25) is 0 Å². The molecule has 2 heteroatoms. The summed E-state index contributed by atoms with van der Waals surface area (Å²) in [4.78, 5) is 0. The second-order valence-electron chi connectivity index (χ2n) is 2.47. The SMILES string of the molecule is CCCNCCC.CCCO. The number of rotatable bonds is 5. The Kier molecular flexibility index (Phi) is 20.2. The van der Waals surface area contributed by atoms with Crippen molar-refractivity contribution >= 4 is 0 Å². The van der Waals surface area contributed by atoms with Crippen LogP contribution in [0.1, 0.15) is 40.0 Å². The number of aliphatic hydroxyl groups is 1. The van der Waals surface area contributed by atoms with E-state index in [0.717, 1.165) is 6.42 Å². The van der Waals surface area contributed by atoms with Crippen molar-refractivity contribution in [2.45, 2.75) is 40.0 Å². The minimum atomic E-state index is 0.319. The molecule has 0 aliphatic heterocycles. The summed E-state index contributed by atoms with van der Waals surface area (Å²) in [5.41, 5.74) is 0. The van der Waals surface area contributed by atoms with E-state index in [1.807, 2.05) is 6.92 Å². The number of aliphatic hydroxyl groups excluding tert-OH is 1. The van der Waals surface area contributed by atoms with Gasteiger partial charge in [-0.2, -0.15) is 0 Å². The van der Waals surface area contributed by atoms with Crippen LogP contribution in [-0.4, -0.2) is 24.8 Å². The lowest BCUT2D eigenvalue weighted by Crippen LogP contribution is -2.14. The maximum absolute atomic E-state index is 7.88. The zero-order valence-corrected chi connectivity index (χ0v) is 8.19. The molecule has 0 bridgehead atoms. The number of hydrogen-bond acceptors (Lipinski definition) is 2. The van der Waals surface area contributed by atoms with Crippen molar-refractivity contribution in [3.8, 4) is 0 Å². The van der Waals surface area contributed by atoms with Crippen molar-refractivity contribution in [3.05, 3.63) is 0 Å². The van der Waals surface area contributed by atoms with Crippen LogP contribution in [-0.2, 0) is 0 Å². The smallest absolute Gasteiger partial charge is 0.0428 e. The average Bonchev–Trinajstić information content (AvgIpc) is 2.06. The third-order valence-corrected chi connectivity index (χ3v) is 1.08. The summed E-state index contributed by atoms with van der Waals surface area (Å²) < 4.78 is 0. The van der Waals surface area contributed by atoms with Crippen LogP contribution in [0.5, 0.6) is 0 Å². The zero-order chi connectivity index (χ0) is 8.95. The molecule has 70 valence electrons. The first-order valence-electron chi connectivity index (χ1n) is 4.64. The standard InChI is InChI=1S/C6H15N.C3H8O/c1-3-5-7-6-4-2;1-2-3-4/h7H,3-6H2,1-2H3;4H,2-3H2,1H3. The summed E-state index contributed by atoms with van der Waals surface area (Å²) in [5.74, 6) is 0. The second kappa shape index (κ2) is 16.5. The van der Waals surface area contributed by atoms with Crippen molar-refractivity contribution in [1.82, 2.24) is 5.32 Å². The topological polar surface area (TPSA) is 32.3 Å². The van der Waals surface area contributed by atoms with Crippen LogP contribution in [0.4, 0.5) is 0 Å². The normalized spacial score (nSPS) is 8.73. The molecule has 11 heavy (non-hydrogen) atoms. The Hall–Kier alpha value is -0.0800. The maximum Gasteiger partial charge on any atom is 0.0428 e. The summed E-state index contributed by atoms with van der Waals surface area (Å²) >= 11 is 0. The Morgan fingerprint density at radius 1 is 0.909 bits per heavy atom. The summed E-state index contributed by atoms with van der Waals surface area (Å²) in [7, 11) is 0. The first-order valence-corrected chi connectivity index (χ1v) is 4.64. The van der Waals surface area contributed by atoms with Crippen molar-refractivity contribution in [1.29, 1.82) is 0 Å². The molecule has 0 spiro atoms. The van der Waals surface area contributed by atoms with Gasteiger partial charge in [-0.15, -0.1) is 0 Å². The maximum atomic E-state index is 7.88. The second-order valence-corrected chi connectivity index (χ2v) is 2.47. The van der Waals surface area contributed by atoms with Crippen molar-refractivity contribution in [3.63, 3.8) is 0 Å². The van der Waals surface area contributed by atoms with Gasteiger partial charge in [0.25, 0.3) is 0 Å². The van der Waals surface area contributed by atoms with Gasteiger partial charge in [-0.25, -0.2) is 0 Å². The van der Waals surface area contributed by atoms with Crippen molar-refractivity contribution in [2.24, 2.45) is 0 Å².